The Labute approximate surface area is 130 Å². The molecule has 0 saturated carbocycles. The predicted octanol–water partition coefficient (Wildman–Crippen LogP) is 4.20. The van der Waals surface area contributed by atoms with Crippen molar-refractivity contribution in [3.8, 4) is 0 Å². The van der Waals surface area contributed by atoms with Crippen molar-refractivity contribution in [2.24, 2.45) is 0 Å². The summed E-state index contributed by atoms with van der Waals surface area (Å²) in [5.41, 5.74) is -4.90. The van der Waals surface area contributed by atoms with E-state index in [0.29, 0.717) is 18.3 Å². The van der Waals surface area contributed by atoms with E-state index in [9.17, 15) is 39.5 Å². The number of aromatic nitrogens is 1. The monoisotopic (exact) mass is 513 g/mol. The smallest absolute Gasteiger partial charge is 0.351 e. The van der Waals surface area contributed by atoms with Crippen LogP contribution in [0.4, 0.5) is 39.5 Å². The average Bonchev–Trinajstić information content (AvgIpc) is 2.46. The quantitative estimate of drug-likeness (QED) is 0.406. The third kappa shape index (κ3) is 2.64. The Morgan fingerprint density at radius 1 is 1.00 bits per heavy atom. The van der Waals surface area contributed by atoms with E-state index in [0.717, 1.165) is 0 Å². The van der Waals surface area contributed by atoms with Crippen LogP contribution < -0.4 is 0 Å². The molecule has 1 aromatic rings. The molecule has 125 valence electrons. The Morgan fingerprint density at radius 3 is 1.95 bits per heavy atom. The van der Waals surface area contributed by atoms with E-state index in [2.05, 4.69) is 4.98 Å². The van der Waals surface area contributed by atoms with E-state index in [4.69, 9.17) is 0 Å². The van der Waals surface area contributed by atoms with Crippen molar-refractivity contribution in [2.75, 3.05) is 0 Å². The second kappa shape index (κ2) is 5.23. The van der Waals surface area contributed by atoms with Gasteiger partial charge in [0.05, 0.1) is 0 Å². The van der Waals surface area contributed by atoms with Gasteiger partial charge in [0.25, 0.3) is 5.92 Å². The zero-order valence-corrected chi connectivity index (χ0v) is 12.3. The van der Waals surface area contributed by atoms with Crippen LogP contribution in [0.25, 0.3) is 5.57 Å². The van der Waals surface area contributed by atoms with Crippen LogP contribution in [0, 0.1) is 6.08 Å². The molecule has 1 aliphatic carbocycles. The molecule has 1 aliphatic rings. The number of alkyl halides is 9. The van der Waals surface area contributed by atoms with Gasteiger partial charge >= 0.3 is 18.0 Å². The summed E-state index contributed by atoms with van der Waals surface area (Å²) < 4.78 is 116. The molecule has 0 bridgehead atoms. The second-order valence-electron chi connectivity index (χ2n) is 4.15. The molecule has 0 N–H and O–H groups in total. The summed E-state index contributed by atoms with van der Waals surface area (Å²) in [6.45, 7) is 0. The van der Waals surface area contributed by atoms with Crippen molar-refractivity contribution in [1.29, 1.82) is 0 Å². The van der Waals surface area contributed by atoms with Gasteiger partial charge in [0.15, 0.2) is 0 Å². The normalized spacial score (nSPS) is 22.0. The van der Waals surface area contributed by atoms with Gasteiger partial charge in [-0.2, -0.15) is 36.8 Å². The van der Waals surface area contributed by atoms with Gasteiger partial charge in [-0.15, -0.1) is 11.6 Å². The van der Waals surface area contributed by atoms with Crippen LogP contribution in [0.5, 0.6) is 0 Å². The minimum absolute atomic E-state index is 0. The predicted molar refractivity (Wildman–Crippen MR) is 50.7 cm³/mol. The van der Waals surface area contributed by atoms with Crippen molar-refractivity contribution in [3.05, 3.63) is 35.7 Å². The number of nitrogens with zero attached hydrogens (tertiary/aromatic N) is 1. The van der Waals surface area contributed by atoms with Crippen LogP contribution in [0.3, 0.4) is 0 Å². The molecule has 0 amide bonds. The fourth-order valence-corrected chi connectivity index (χ4v) is 1.64. The van der Waals surface area contributed by atoms with E-state index in [1.54, 1.807) is 0 Å². The van der Waals surface area contributed by atoms with E-state index in [1.807, 2.05) is 0 Å². The zero-order valence-electron chi connectivity index (χ0n) is 9.91. The van der Waals surface area contributed by atoms with Gasteiger partial charge in [-0.1, -0.05) is 5.69 Å². The van der Waals surface area contributed by atoms with Gasteiger partial charge in [0.2, 0.25) is 0 Å². The molecule has 0 spiro atoms. The average molecular weight is 512 g/mol. The standard InChI is InChI=1S/C11H3F9N.Ir/c12-8(13)4-6(9(14,15)11(8,19)20)7-3-5(1-2-21-7)10(16,17)18;/h1-3H;/q-1;. The first-order valence-electron chi connectivity index (χ1n) is 5.13. The van der Waals surface area contributed by atoms with Gasteiger partial charge in [0, 0.05) is 31.9 Å². The van der Waals surface area contributed by atoms with Crippen molar-refractivity contribution in [2.45, 2.75) is 23.9 Å². The molecule has 1 nitrogen and oxygen atoms in total. The summed E-state index contributed by atoms with van der Waals surface area (Å²) in [6.07, 6.45) is -4.02. The minimum atomic E-state index is -5.80. The van der Waals surface area contributed by atoms with Crippen LogP contribution in [-0.2, 0) is 26.3 Å². The molecule has 0 aromatic carbocycles. The maximum absolute atomic E-state index is 13.3. The molecule has 0 unspecified atom stereocenters. The Hall–Kier alpha value is -1.09. The molecular weight excluding hydrogens is 509 g/mol. The molecule has 0 atom stereocenters. The van der Waals surface area contributed by atoms with Gasteiger partial charge in [-0.3, -0.25) is 0 Å². The van der Waals surface area contributed by atoms with E-state index in [1.165, 1.54) is 0 Å². The van der Waals surface area contributed by atoms with E-state index in [-0.39, 0.29) is 26.2 Å². The Morgan fingerprint density at radius 2 is 1.55 bits per heavy atom. The molecular formula is C11H3F9IrN-. The van der Waals surface area contributed by atoms with Crippen molar-refractivity contribution in [3.63, 3.8) is 0 Å². The number of pyridine rings is 1. The van der Waals surface area contributed by atoms with Crippen LogP contribution in [0.2, 0.25) is 0 Å². The molecule has 1 heterocycles. The number of hydrogen-bond acceptors (Lipinski definition) is 1. The molecule has 0 fully saturated rings. The summed E-state index contributed by atoms with van der Waals surface area (Å²) in [5, 5.41) is 0. The van der Waals surface area contributed by atoms with Gasteiger partial charge < -0.3 is 4.98 Å². The fourth-order valence-electron chi connectivity index (χ4n) is 1.64. The molecule has 0 aliphatic heterocycles. The fraction of sp³-hybridized carbons (Fsp3) is 0.364. The van der Waals surface area contributed by atoms with Gasteiger partial charge in [-0.05, 0) is 6.07 Å². The topological polar surface area (TPSA) is 12.9 Å². The number of hydrogen-bond donors (Lipinski definition) is 0. The zero-order chi connectivity index (χ0) is 16.3. The summed E-state index contributed by atoms with van der Waals surface area (Å²) >= 11 is 0. The van der Waals surface area contributed by atoms with E-state index < -0.39 is 40.8 Å². The third-order valence-corrected chi connectivity index (χ3v) is 2.73. The number of allylic oxidation sites excluding steroid dienone is 2. The molecule has 11 heteroatoms. The van der Waals surface area contributed by atoms with Crippen molar-refractivity contribution >= 4 is 5.57 Å². The minimum Gasteiger partial charge on any atom is -0.351 e. The summed E-state index contributed by atoms with van der Waals surface area (Å²) in [4.78, 5) is 3.02. The molecule has 22 heavy (non-hydrogen) atoms. The second-order valence-corrected chi connectivity index (χ2v) is 4.15. The van der Waals surface area contributed by atoms with Crippen LogP contribution in [-0.4, -0.2) is 22.8 Å². The van der Waals surface area contributed by atoms with Crippen LogP contribution >= 0.6 is 0 Å². The molecule has 0 saturated heterocycles. The summed E-state index contributed by atoms with van der Waals surface area (Å²) in [5.74, 6) is -16.5. The number of rotatable bonds is 1. The summed E-state index contributed by atoms with van der Waals surface area (Å²) in [7, 11) is 0. The maximum atomic E-state index is 13.3. The first-order valence-corrected chi connectivity index (χ1v) is 5.13. The van der Waals surface area contributed by atoms with Gasteiger partial charge in [0.1, 0.15) is 0 Å². The van der Waals surface area contributed by atoms with Crippen molar-refractivity contribution < 1.29 is 59.6 Å². The molecule has 1 radical (unpaired) electrons. The Balaban J connectivity index is 0.00000242. The number of halogens is 9. The van der Waals surface area contributed by atoms with Crippen molar-refractivity contribution in [1.82, 2.24) is 4.98 Å². The van der Waals surface area contributed by atoms with E-state index >= 15 is 0 Å². The maximum Gasteiger partial charge on any atom is 0.415 e. The molecule has 2 rings (SSSR count). The first kappa shape index (κ1) is 19.0. The van der Waals surface area contributed by atoms with Gasteiger partial charge in [-0.25, -0.2) is 8.78 Å². The Bertz CT molecular complexity index is 606. The van der Waals surface area contributed by atoms with Crippen LogP contribution in [0.1, 0.15) is 11.3 Å². The third-order valence-electron chi connectivity index (χ3n) is 2.73. The Kier molecular flexibility index (Phi) is 4.50. The summed E-state index contributed by atoms with van der Waals surface area (Å²) in [6, 6.07) is 0.362. The first-order chi connectivity index (χ1) is 9.31. The largest absolute Gasteiger partial charge is 0.415 e. The SMILES string of the molecule is FC(F)(F)c1ccnc(C2=[C-]C(F)(F)C(F)(F)C2(F)F)c1.[Ir]. The molecule has 1 aromatic heterocycles. The van der Waals surface area contributed by atoms with Crippen LogP contribution in [0.15, 0.2) is 18.3 Å².